The molecule has 0 aromatic heterocycles. The average molecular weight is 377 g/mol. The van der Waals surface area contributed by atoms with Crippen LogP contribution in [0.2, 0.25) is 0 Å². The Morgan fingerprint density at radius 1 is 1.04 bits per heavy atom. The van der Waals surface area contributed by atoms with Gasteiger partial charge in [0.2, 0.25) is 0 Å². The van der Waals surface area contributed by atoms with E-state index in [0.717, 1.165) is 11.8 Å². The highest BCUT2D eigenvalue weighted by Crippen LogP contribution is 2.14. The smallest absolute Gasteiger partial charge is 0.191 e. The van der Waals surface area contributed by atoms with Gasteiger partial charge in [-0.1, -0.05) is 30.3 Å². The molecule has 0 saturated heterocycles. The Kier molecular flexibility index (Phi) is 6.74. The molecule has 0 radical (unpaired) electrons. The van der Waals surface area contributed by atoms with E-state index in [4.69, 9.17) is 0 Å². The van der Waals surface area contributed by atoms with E-state index in [1.807, 2.05) is 31.2 Å². The lowest BCUT2D eigenvalue weighted by Crippen LogP contribution is -2.36. The molecule has 0 atom stereocenters. The quantitative estimate of drug-likeness (QED) is 0.600. The fourth-order valence-electron chi connectivity index (χ4n) is 2.57. The Morgan fingerprint density at radius 2 is 1.69 bits per heavy atom. The van der Waals surface area contributed by atoms with Crippen molar-refractivity contribution in [1.29, 1.82) is 0 Å². The summed E-state index contributed by atoms with van der Waals surface area (Å²) < 4.78 is 36.7. The van der Waals surface area contributed by atoms with Gasteiger partial charge in [0.05, 0.1) is 5.75 Å². The number of benzene rings is 2. The third kappa shape index (κ3) is 6.15. The van der Waals surface area contributed by atoms with E-state index in [9.17, 15) is 12.8 Å². The molecule has 140 valence electrons. The third-order valence-corrected chi connectivity index (χ3v) is 4.80. The Balaban J connectivity index is 2.04. The van der Waals surface area contributed by atoms with Crippen LogP contribution in [0, 0.1) is 12.7 Å². The molecule has 0 bridgehead atoms. The zero-order chi connectivity index (χ0) is 19.2. The maximum Gasteiger partial charge on any atom is 0.191 e. The second-order valence-corrected chi connectivity index (χ2v) is 8.33. The number of guanidine groups is 1. The Hall–Kier alpha value is -2.41. The molecule has 2 N–H and O–H groups in total. The standard InChI is InChI=1S/C19H24FN3O2S/c1-14-6-4-5-7-15(14)11-22-19(21-2)23-12-17-10-18(20)9-8-16(17)13-26(3,24)25/h4-10H,11-13H2,1-3H3,(H2,21,22,23). The molecule has 26 heavy (non-hydrogen) atoms. The lowest BCUT2D eigenvalue weighted by molar-refractivity contribution is 0.599. The van der Waals surface area contributed by atoms with Crippen molar-refractivity contribution in [3.05, 3.63) is 70.5 Å². The second-order valence-electron chi connectivity index (χ2n) is 6.19. The molecule has 0 fully saturated rings. The van der Waals surface area contributed by atoms with Crippen LogP contribution in [0.5, 0.6) is 0 Å². The van der Waals surface area contributed by atoms with Crippen LogP contribution in [-0.4, -0.2) is 27.7 Å². The Morgan fingerprint density at radius 3 is 2.31 bits per heavy atom. The zero-order valence-electron chi connectivity index (χ0n) is 15.2. The molecule has 2 aromatic rings. The maximum atomic E-state index is 13.6. The minimum atomic E-state index is -3.20. The topological polar surface area (TPSA) is 70.6 Å². The number of nitrogens with one attached hydrogen (secondary N) is 2. The number of sulfone groups is 1. The molecule has 5 nitrogen and oxygen atoms in total. The average Bonchev–Trinajstić information content (AvgIpc) is 2.57. The van der Waals surface area contributed by atoms with Crippen LogP contribution in [0.25, 0.3) is 0 Å². The molecule has 2 rings (SSSR count). The summed E-state index contributed by atoms with van der Waals surface area (Å²) in [7, 11) is -1.55. The summed E-state index contributed by atoms with van der Waals surface area (Å²) in [6.45, 7) is 2.92. The highest BCUT2D eigenvalue weighted by Gasteiger charge is 2.11. The molecular formula is C19H24FN3O2S. The molecule has 0 aliphatic rings. The van der Waals surface area contributed by atoms with Gasteiger partial charge in [0.25, 0.3) is 0 Å². The van der Waals surface area contributed by atoms with Crippen molar-refractivity contribution in [3.8, 4) is 0 Å². The van der Waals surface area contributed by atoms with Crippen molar-refractivity contribution >= 4 is 15.8 Å². The van der Waals surface area contributed by atoms with Gasteiger partial charge in [-0.25, -0.2) is 12.8 Å². The first-order valence-corrected chi connectivity index (χ1v) is 10.3. The summed E-state index contributed by atoms with van der Waals surface area (Å²) in [4.78, 5) is 4.16. The maximum absolute atomic E-state index is 13.6. The summed E-state index contributed by atoms with van der Waals surface area (Å²) >= 11 is 0. The van der Waals surface area contributed by atoms with Gasteiger partial charge in [0.1, 0.15) is 5.82 Å². The summed E-state index contributed by atoms with van der Waals surface area (Å²) in [6.07, 6.45) is 1.16. The van der Waals surface area contributed by atoms with Crippen molar-refractivity contribution in [2.24, 2.45) is 4.99 Å². The van der Waals surface area contributed by atoms with Crippen LogP contribution in [-0.2, 0) is 28.7 Å². The number of hydrogen-bond acceptors (Lipinski definition) is 3. The summed E-state index contributed by atoms with van der Waals surface area (Å²) in [5, 5.41) is 6.31. The summed E-state index contributed by atoms with van der Waals surface area (Å²) in [5.74, 6) is 0.0317. The number of nitrogens with zero attached hydrogens (tertiary/aromatic N) is 1. The van der Waals surface area contributed by atoms with Crippen molar-refractivity contribution in [2.75, 3.05) is 13.3 Å². The van der Waals surface area contributed by atoms with E-state index >= 15 is 0 Å². The number of hydrogen-bond donors (Lipinski definition) is 2. The third-order valence-electron chi connectivity index (χ3n) is 3.96. The molecule has 0 amide bonds. The van der Waals surface area contributed by atoms with Gasteiger partial charge in [0, 0.05) is 26.4 Å². The van der Waals surface area contributed by atoms with Gasteiger partial charge in [-0.2, -0.15) is 0 Å². The van der Waals surface area contributed by atoms with Gasteiger partial charge >= 0.3 is 0 Å². The normalized spacial score (nSPS) is 12.1. The minimum Gasteiger partial charge on any atom is -0.352 e. The predicted octanol–water partition coefficient (Wildman–Crippen LogP) is 2.54. The molecule has 2 aromatic carbocycles. The highest BCUT2D eigenvalue weighted by atomic mass is 32.2. The molecular weight excluding hydrogens is 353 g/mol. The number of halogens is 1. The first-order chi connectivity index (χ1) is 12.3. The van der Waals surface area contributed by atoms with E-state index < -0.39 is 15.7 Å². The summed E-state index contributed by atoms with van der Waals surface area (Å²) in [5.41, 5.74) is 3.50. The zero-order valence-corrected chi connectivity index (χ0v) is 16.0. The van der Waals surface area contributed by atoms with Crippen LogP contribution in [0.1, 0.15) is 22.3 Å². The first-order valence-electron chi connectivity index (χ1n) is 8.22. The van der Waals surface area contributed by atoms with Gasteiger partial charge in [0.15, 0.2) is 15.8 Å². The van der Waals surface area contributed by atoms with Gasteiger partial charge < -0.3 is 10.6 Å². The lowest BCUT2D eigenvalue weighted by atomic mass is 10.1. The van der Waals surface area contributed by atoms with Gasteiger partial charge in [-0.3, -0.25) is 4.99 Å². The van der Waals surface area contributed by atoms with E-state index in [1.165, 1.54) is 23.8 Å². The number of aryl methyl sites for hydroxylation is 1. The van der Waals surface area contributed by atoms with Crippen LogP contribution >= 0.6 is 0 Å². The Labute approximate surface area is 154 Å². The van der Waals surface area contributed by atoms with Gasteiger partial charge in [-0.15, -0.1) is 0 Å². The second kappa shape index (κ2) is 8.80. The van der Waals surface area contributed by atoms with E-state index in [1.54, 1.807) is 7.05 Å². The predicted molar refractivity (Wildman–Crippen MR) is 103 cm³/mol. The number of rotatable bonds is 6. The Bertz CT molecular complexity index is 895. The first kappa shape index (κ1) is 19.9. The van der Waals surface area contributed by atoms with Gasteiger partial charge in [-0.05, 0) is 41.3 Å². The van der Waals surface area contributed by atoms with Crippen LogP contribution in [0.4, 0.5) is 4.39 Å². The lowest BCUT2D eigenvalue weighted by Gasteiger charge is -2.15. The van der Waals surface area contributed by atoms with Crippen molar-refractivity contribution in [1.82, 2.24) is 10.6 Å². The molecule has 0 unspecified atom stereocenters. The van der Waals surface area contributed by atoms with Crippen LogP contribution < -0.4 is 10.6 Å². The largest absolute Gasteiger partial charge is 0.352 e. The van der Waals surface area contributed by atoms with E-state index in [-0.39, 0.29) is 12.3 Å². The molecule has 0 aliphatic heterocycles. The van der Waals surface area contributed by atoms with Crippen molar-refractivity contribution in [3.63, 3.8) is 0 Å². The van der Waals surface area contributed by atoms with Crippen molar-refractivity contribution < 1.29 is 12.8 Å². The van der Waals surface area contributed by atoms with E-state index in [2.05, 4.69) is 15.6 Å². The van der Waals surface area contributed by atoms with Crippen LogP contribution in [0.3, 0.4) is 0 Å². The highest BCUT2D eigenvalue weighted by molar-refractivity contribution is 7.89. The minimum absolute atomic E-state index is 0.125. The van der Waals surface area contributed by atoms with Crippen molar-refractivity contribution in [2.45, 2.75) is 25.8 Å². The SMILES string of the molecule is CN=C(NCc1ccccc1C)NCc1cc(F)ccc1CS(C)(=O)=O. The number of aliphatic imine (C=N–C) groups is 1. The molecule has 7 heteroatoms. The fraction of sp³-hybridized carbons (Fsp3) is 0.316. The van der Waals surface area contributed by atoms with E-state index in [0.29, 0.717) is 23.6 Å². The summed E-state index contributed by atoms with van der Waals surface area (Å²) in [6, 6.07) is 12.2. The molecule has 0 saturated carbocycles. The fourth-order valence-corrected chi connectivity index (χ4v) is 3.42. The molecule has 0 heterocycles. The molecule has 0 aliphatic carbocycles. The van der Waals surface area contributed by atoms with Crippen LogP contribution in [0.15, 0.2) is 47.5 Å². The molecule has 0 spiro atoms. The monoisotopic (exact) mass is 377 g/mol.